The summed E-state index contributed by atoms with van der Waals surface area (Å²) in [6.45, 7) is -0.357. The summed E-state index contributed by atoms with van der Waals surface area (Å²) in [7, 11) is 0. The van der Waals surface area contributed by atoms with E-state index in [1.165, 1.54) is 4.57 Å². The van der Waals surface area contributed by atoms with Gasteiger partial charge in [0.1, 0.15) is 17.0 Å². The van der Waals surface area contributed by atoms with E-state index in [-0.39, 0.29) is 29.3 Å². The van der Waals surface area contributed by atoms with Crippen molar-refractivity contribution in [2.45, 2.75) is 24.9 Å². The number of nitrogens with zero attached hydrogens (tertiary/aromatic N) is 2. The minimum Gasteiger partial charge on any atom is -0.394 e. The van der Waals surface area contributed by atoms with E-state index in [1.807, 2.05) is 0 Å². The van der Waals surface area contributed by atoms with Crippen LogP contribution in [-0.4, -0.2) is 43.6 Å². The third-order valence-electron chi connectivity index (χ3n) is 3.16. The van der Waals surface area contributed by atoms with Gasteiger partial charge in [-0.3, -0.25) is 19.1 Å². The molecular formula is C10H12N4O5S. The summed E-state index contributed by atoms with van der Waals surface area (Å²) in [5.74, 6) is -0.105. The molecule has 2 aromatic rings. The van der Waals surface area contributed by atoms with Crippen LogP contribution in [0.2, 0.25) is 0 Å². The minimum atomic E-state index is -0.883. The van der Waals surface area contributed by atoms with E-state index in [9.17, 15) is 14.7 Å². The highest BCUT2D eigenvalue weighted by Gasteiger charge is 2.36. The highest BCUT2D eigenvalue weighted by Crippen LogP contribution is 2.30. The largest absolute Gasteiger partial charge is 0.394 e. The van der Waals surface area contributed by atoms with Crippen LogP contribution < -0.4 is 16.2 Å². The molecule has 0 unspecified atom stereocenters. The molecule has 2 aromatic heterocycles. The lowest BCUT2D eigenvalue weighted by molar-refractivity contribution is -0.0437. The molecule has 1 aliphatic rings. The van der Waals surface area contributed by atoms with Crippen molar-refractivity contribution in [3.05, 3.63) is 20.0 Å². The first-order chi connectivity index (χ1) is 9.51. The number of anilines is 1. The highest BCUT2D eigenvalue weighted by atomic mass is 32.1. The summed E-state index contributed by atoms with van der Waals surface area (Å²) in [4.78, 5) is 29.6. The zero-order chi connectivity index (χ0) is 14.4. The molecule has 0 spiro atoms. The number of nitrogens with one attached hydrogen (secondary N) is 1. The monoisotopic (exact) mass is 300 g/mol. The van der Waals surface area contributed by atoms with Gasteiger partial charge in [-0.25, -0.2) is 0 Å². The molecule has 0 amide bonds. The third kappa shape index (κ3) is 1.93. The summed E-state index contributed by atoms with van der Waals surface area (Å²) < 4.78 is 6.75. The molecule has 0 saturated carbocycles. The smallest absolute Gasteiger partial charge is 0.311 e. The molecule has 108 valence electrons. The van der Waals surface area contributed by atoms with E-state index in [4.69, 9.17) is 15.6 Å². The van der Waals surface area contributed by atoms with Crippen LogP contribution in [0.25, 0.3) is 10.3 Å². The Morgan fingerprint density at radius 3 is 2.95 bits per heavy atom. The summed E-state index contributed by atoms with van der Waals surface area (Å²) >= 11 is 0.732. The number of hydrogen-bond donors (Lipinski definition) is 4. The highest BCUT2D eigenvalue weighted by molar-refractivity contribution is 7.16. The van der Waals surface area contributed by atoms with Crippen LogP contribution in [-0.2, 0) is 4.74 Å². The molecule has 3 heterocycles. The van der Waals surface area contributed by atoms with Crippen LogP contribution in [0.3, 0.4) is 0 Å². The number of nitrogen functional groups attached to an aromatic ring is 1. The Morgan fingerprint density at radius 1 is 1.55 bits per heavy atom. The number of ether oxygens (including phenoxy) is 1. The van der Waals surface area contributed by atoms with Crippen LogP contribution in [0.1, 0.15) is 12.6 Å². The van der Waals surface area contributed by atoms with Crippen molar-refractivity contribution in [1.82, 2.24) is 14.5 Å². The van der Waals surface area contributed by atoms with Gasteiger partial charge in [-0.2, -0.15) is 4.98 Å². The van der Waals surface area contributed by atoms with E-state index in [0.29, 0.717) is 0 Å². The van der Waals surface area contributed by atoms with Gasteiger partial charge in [0.25, 0.3) is 5.56 Å². The van der Waals surface area contributed by atoms with Gasteiger partial charge in [0.15, 0.2) is 5.65 Å². The van der Waals surface area contributed by atoms with Gasteiger partial charge in [0, 0.05) is 6.42 Å². The minimum absolute atomic E-state index is 0.105. The lowest BCUT2D eigenvalue weighted by Crippen LogP contribution is -2.25. The predicted octanol–water partition coefficient (Wildman–Crippen LogP) is -1.63. The van der Waals surface area contributed by atoms with Gasteiger partial charge < -0.3 is 20.7 Å². The van der Waals surface area contributed by atoms with Crippen LogP contribution in [0.5, 0.6) is 0 Å². The number of aliphatic hydroxyl groups excluding tert-OH is 2. The van der Waals surface area contributed by atoms with Crippen molar-refractivity contribution >= 4 is 27.6 Å². The van der Waals surface area contributed by atoms with Gasteiger partial charge in [0.05, 0.1) is 12.7 Å². The average Bonchev–Trinajstić information content (AvgIpc) is 2.89. The normalized spacial score (nSPS) is 26.4. The lowest BCUT2D eigenvalue weighted by Gasteiger charge is -2.13. The van der Waals surface area contributed by atoms with E-state index in [2.05, 4.69) is 9.97 Å². The number of rotatable bonds is 2. The van der Waals surface area contributed by atoms with E-state index in [0.717, 1.165) is 11.3 Å². The molecular weight excluding hydrogens is 288 g/mol. The Balaban J connectivity index is 2.15. The number of nitrogens with two attached hydrogens (primary N) is 1. The Kier molecular flexibility index (Phi) is 3.09. The van der Waals surface area contributed by atoms with Gasteiger partial charge in [0.2, 0.25) is 5.95 Å². The van der Waals surface area contributed by atoms with E-state index in [1.54, 1.807) is 0 Å². The topological polar surface area (TPSA) is 143 Å². The van der Waals surface area contributed by atoms with Gasteiger partial charge >= 0.3 is 4.87 Å². The summed E-state index contributed by atoms with van der Waals surface area (Å²) in [6.07, 6.45) is -2.30. The predicted molar refractivity (Wildman–Crippen MR) is 70.5 cm³/mol. The molecule has 0 aliphatic carbocycles. The Labute approximate surface area is 115 Å². The van der Waals surface area contributed by atoms with Gasteiger partial charge in [-0.05, 0) is 0 Å². The van der Waals surface area contributed by atoms with Crippen molar-refractivity contribution in [2.24, 2.45) is 0 Å². The second-order valence-corrected chi connectivity index (χ2v) is 5.42. The van der Waals surface area contributed by atoms with Crippen molar-refractivity contribution in [3.8, 4) is 0 Å². The number of hydrogen-bond acceptors (Lipinski definition) is 8. The standard InChI is InChI=1S/C10H12N4O5S/c11-9-12-7-6(8(17)13-9)20-10(18)14(7)5-1-3(16)4(2-15)19-5/h3-5,15-16H,1-2H2,(H3,11,12,13,17)/t3-,4+,5-/m0/s1. The van der Waals surface area contributed by atoms with Gasteiger partial charge in [-0.1, -0.05) is 11.3 Å². The van der Waals surface area contributed by atoms with Gasteiger partial charge in [-0.15, -0.1) is 0 Å². The zero-order valence-corrected chi connectivity index (χ0v) is 11.0. The summed E-state index contributed by atoms with van der Waals surface area (Å²) in [5.41, 5.74) is 5.10. The maximum absolute atomic E-state index is 12.0. The molecule has 1 fully saturated rings. The first-order valence-electron chi connectivity index (χ1n) is 5.86. The second-order valence-electron chi connectivity index (χ2n) is 4.46. The zero-order valence-electron chi connectivity index (χ0n) is 10.1. The van der Waals surface area contributed by atoms with Crippen LogP contribution in [0.15, 0.2) is 9.59 Å². The number of thiazole rings is 1. The number of aliphatic hydroxyl groups is 2. The van der Waals surface area contributed by atoms with E-state index >= 15 is 0 Å². The number of H-pyrrole nitrogens is 1. The molecule has 1 saturated heterocycles. The van der Waals surface area contributed by atoms with Crippen molar-refractivity contribution in [2.75, 3.05) is 12.3 Å². The fraction of sp³-hybridized carbons (Fsp3) is 0.500. The Morgan fingerprint density at radius 2 is 2.30 bits per heavy atom. The first kappa shape index (κ1) is 13.2. The molecule has 5 N–H and O–H groups in total. The van der Waals surface area contributed by atoms with Crippen molar-refractivity contribution in [3.63, 3.8) is 0 Å². The quantitative estimate of drug-likeness (QED) is 0.521. The van der Waals surface area contributed by atoms with Crippen molar-refractivity contribution in [1.29, 1.82) is 0 Å². The molecule has 0 bridgehead atoms. The Bertz CT molecular complexity index is 765. The van der Waals surface area contributed by atoms with Crippen LogP contribution in [0, 0.1) is 0 Å². The van der Waals surface area contributed by atoms with Crippen LogP contribution >= 0.6 is 11.3 Å². The first-order valence-corrected chi connectivity index (χ1v) is 6.68. The third-order valence-corrected chi connectivity index (χ3v) is 4.11. The van der Waals surface area contributed by atoms with Crippen LogP contribution in [0.4, 0.5) is 5.95 Å². The second kappa shape index (κ2) is 4.66. The molecule has 3 atom stereocenters. The number of aromatic nitrogens is 3. The molecule has 0 radical (unpaired) electrons. The molecule has 0 aromatic carbocycles. The molecule has 10 heteroatoms. The van der Waals surface area contributed by atoms with E-state index < -0.39 is 28.9 Å². The fourth-order valence-corrected chi connectivity index (χ4v) is 3.09. The lowest BCUT2D eigenvalue weighted by atomic mass is 10.2. The molecule has 1 aliphatic heterocycles. The SMILES string of the molecule is Nc1nc2c(sc(=O)n2[C@@H]2C[C@H](O)[C@@H](CO)O2)c(=O)[nH]1. The average molecular weight is 300 g/mol. The maximum atomic E-state index is 12.0. The fourth-order valence-electron chi connectivity index (χ4n) is 2.24. The summed E-state index contributed by atoms with van der Waals surface area (Å²) in [5, 5.41) is 18.8. The number of aromatic amines is 1. The Hall–Kier alpha value is -1.75. The number of fused-ring (bicyclic) bond motifs is 1. The van der Waals surface area contributed by atoms with Crippen molar-refractivity contribution < 1.29 is 14.9 Å². The molecule has 3 rings (SSSR count). The maximum Gasteiger partial charge on any atom is 0.311 e. The molecule has 20 heavy (non-hydrogen) atoms. The summed E-state index contributed by atoms with van der Waals surface area (Å²) in [6, 6.07) is 0. The molecule has 9 nitrogen and oxygen atoms in total.